The fourth-order valence-corrected chi connectivity index (χ4v) is 2.42. The first-order valence-corrected chi connectivity index (χ1v) is 10.6. The number of hydrogen-bond donors (Lipinski definition) is 2. The molecule has 168 valence electrons. The molecule has 0 aliphatic carbocycles. The number of rotatable bonds is 6. The first kappa shape index (κ1) is 27.6. The molecule has 3 rings (SSSR count). The third-order valence-corrected chi connectivity index (χ3v) is 3.96. The van der Waals surface area contributed by atoms with E-state index in [1.165, 1.54) is 11.1 Å². The smallest absolute Gasteiger partial charge is 0.207 e. The fourth-order valence-electron chi connectivity index (χ4n) is 2.42. The van der Waals surface area contributed by atoms with E-state index >= 15 is 0 Å². The topological polar surface area (TPSA) is 75.6 Å². The molecule has 0 fully saturated rings. The predicted octanol–water partition coefficient (Wildman–Crippen LogP) is 5.75. The average Bonchev–Trinajstić information content (AvgIpc) is 3.44. The van der Waals surface area contributed by atoms with Gasteiger partial charge >= 0.3 is 0 Å². The van der Waals surface area contributed by atoms with E-state index in [0.29, 0.717) is 13.0 Å². The number of carbonyl (C=O) groups excluding carboxylic acids is 1. The molecule has 3 aromatic heterocycles. The standard InChI is InChI=1S/C12H12N4.C9H13NO.2C2H6/c1-8-5-9-3-4-11(10-6-13-14-7-10)15-12(9)16(8)2;1-3-4-5-6-9(2)7-10-8-11;2*1-2/h3-7H,1-2H3,(H,13,14);3-6,8H,2,7H2,1H3,(H,10,11);2*1-2H3/b;4-3-,6-5-;;. The largest absolute Gasteiger partial charge is 0.355 e. The summed E-state index contributed by atoms with van der Waals surface area (Å²) in [6.07, 6.45) is 11.9. The second-order valence-corrected chi connectivity index (χ2v) is 5.98. The normalized spacial score (nSPS) is 9.90. The maximum absolute atomic E-state index is 9.85. The molecule has 1 amide bonds. The van der Waals surface area contributed by atoms with Crippen LogP contribution in [0.5, 0.6) is 0 Å². The quantitative estimate of drug-likeness (QED) is 0.392. The lowest BCUT2D eigenvalue weighted by molar-refractivity contribution is -0.109. The summed E-state index contributed by atoms with van der Waals surface area (Å²) in [6.45, 7) is 16.3. The maximum Gasteiger partial charge on any atom is 0.207 e. The lowest BCUT2D eigenvalue weighted by Gasteiger charge is -2.00. The van der Waals surface area contributed by atoms with Crippen LogP contribution >= 0.6 is 0 Å². The van der Waals surface area contributed by atoms with Gasteiger partial charge in [0.25, 0.3) is 0 Å². The third-order valence-electron chi connectivity index (χ3n) is 3.96. The van der Waals surface area contributed by atoms with Crippen molar-refractivity contribution in [2.75, 3.05) is 6.54 Å². The van der Waals surface area contributed by atoms with Gasteiger partial charge in [-0.3, -0.25) is 9.89 Å². The fraction of sp³-hybridized carbons (Fsp3) is 0.320. The van der Waals surface area contributed by atoms with E-state index in [-0.39, 0.29) is 0 Å². The molecule has 0 atom stereocenters. The summed E-state index contributed by atoms with van der Waals surface area (Å²) in [5, 5.41) is 10.4. The number of amides is 1. The van der Waals surface area contributed by atoms with E-state index in [0.717, 1.165) is 22.5 Å². The summed E-state index contributed by atoms with van der Waals surface area (Å²) < 4.78 is 2.10. The van der Waals surface area contributed by atoms with Crippen molar-refractivity contribution in [3.05, 3.63) is 72.7 Å². The van der Waals surface area contributed by atoms with Crippen molar-refractivity contribution in [3.8, 4) is 11.3 Å². The van der Waals surface area contributed by atoms with Gasteiger partial charge in [-0.1, -0.05) is 58.6 Å². The Hall–Kier alpha value is -3.41. The van der Waals surface area contributed by atoms with Crippen LogP contribution in [-0.2, 0) is 11.8 Å². The van der Waals surface area contributed by atoms with E-state index in [9.17, 15) is 4.79 Å². The molecule has 0 spiro atoms. The van der Waals surface area contributed by atoms with Gasteiger partial charge in [0, 0.05) is 36.4 Å². The minimum Gasteiger partial charge on any atom is -0.355 e. The number of nitrogens with zero attached hydrogens (tertiary/aromatic N) is 3. The zero-order valence-corrected chi connectivity index (χ0v) is 19.9. The van der Waals surface area contributed by atoms with Gasteiger partial charge in [-0.25, -0.2) is 4.98 Å². The van der Waals surface area contributed by atoms with Gasteiger partial charge in [0.05, 0.1) is 11.9 Å². The Bertz CT molecular complexity index is 950. The SMILES string of the molecule is C=C(/C=C\C=C/C)CNC=O.CC.CC.Cc1cc2ccc(-c3cn[nH]c3)nc2n1C. The van der Waals surface area contributed by atoms with Crippen LogP contribution in [0.4, 0.5) is 0 Å². The first-order valence-electron chi connectivity index (χ1n) is 10.6. The molecule has 0 radical (unpaired) electrons. The van der Waals surface area contributed by atoms with Crippen LogP contribution < -0.4 is 5.32 Å². The van der Waals surface area contributed by atoms with Crippen molar-refractivity contribution in [2.24, 2.45) is 7.05 Å². The van der Waals surface area contributed by atoms with E-state index in [1.807, 2.05) is 78.2 Å². The van der Waals surface area contributed by atoms with Crippen LogP contribution in [0.25, 0.3) is 22.3 Å². The van der Waals surface area contributed by atoms with Crippen LogP contribution in [0, 0.1) is 6.92 Å². The number of pyridine rings is 1. The van der Waals surface area contributed by atoms with Crippen LogP contribution in [0.1, 0.15) is 40.3 Å². The highest BCUT2D eigenvalue weighted by molar-refractivity contribution is 5.80. The minimum atomic E-state index is 0.511. The molecular formula is C25H37N5O. The zero-order valence-electron chi connectivity index (χ0n) is 19.9. The predicted molar refractivity (Wildman–Crippen MR) is 133 cm³/mol. The summed E-state index contributed by atoms with van der Waals surface area (Å²) in [6, 6.07) is 6.26. The Balaban J connectivity index is 0.000000531. The molecule has 0 aliphatic heterocycles. The van der Waals surface area contributed by atoms with Crippen molar-refractivity contribution in [2.45, 2.75) is 41.5 Å². The molecule has 6 nitrogen and oxygen atoms in total. The number of aryl methyl sites for hydroxylation is 2. The first-order chi connectivity index (χ1) is 15.1. The number of allylic oxidation sites excluding steroid dienone is 3. The van der Waals surface area contributed by atoms with Gasteiger partial charge in [0.15, 0.2) is 0 Å². The van der Waals surface area contributed by atoms with Crippen LogP contribution in [0.2, 0.25) is 0 Å². The number of aromatic nitrogens is 4. The molecule has 31 heavy (non-hydrogen) atoms. The molecule has 0 saturated heterocycles. The Morgan fingerprint density at radius 2 is 1.94 bits per heavy atom. The van der Waals surface area contributed by atoms with Gasteiger partial charge in [-0.05, 0) is 37.6 Å². The molecular weight excluding hydrogens is 386 g/mol. The molecule has 6 heteroatoms. The van der Waals surface area contributed by atoms with Crippen LogP contribution in [0.15, 0.2) is 67.0 Å². The lowest BCUT2D eigenvalue weighted by atomic mass is 10.2. The third kappa shape index (κ3) is 9.30. The molecule has 0 bridgehead atoms. The molecule has 2 N–H and O–H groups in total. The Labute approximate surface area is 186 Å². The molecule has 3 aromatic rings. The van der Waals surface area contributed by atoms with Crippen molar-refractivity contribution in [1.29, 1.82) is 0 Å². The van der Waals surface area contributed by atoms with Crippen molar-refractivity contribution < 1.29 is 4.79 Å². The lowest BCUT2D eigenvalue weighted by Crippen LogP contribution is -2.12. The van der Waals surface area contributed by atoms with Crippen molar-refractivity contribution in [3.63, 3.8) is 0 Å². The highest BCUT2D eigenvalue weighted by Gasteiger charge is 2.06. The Kier molecular flexibility index (Phi) is 14.6. The van der Waals surface area contributed by atoms with Gasteiger partial charge in [0.1, 0.15) is 5.65 Å². The summed E-state index contributed by atoms with van der Waals surface area (Å²) >= 11 is 0. The number of aromatic amines is 1. The van der Waals surface area contributed by atoms with Crippen LogP contribution in [-0.4, -0.2) is 32.7 Å². The molecule has 0 aliphatic rings. The summed E-state index contributed by atoms with van der Waals surface area (Å²) in [4.78, 5) is 14.5. The van der Waals surface area contributed by atoms with Gasteiger partial charge in [0.2, 0.25) is 6.41 Å². The Morgan fingerprint density at radius 3 is 2.52 bits per heavy atom. The number of H-pyrrole nitrogens is 1. The number of nitrogens with one attached hydrogen (secondary N) is 2. The Morgan fingerprint density at radius 1 is 1.23 bits per heavy atom. The zero-order chi connectivity index (χ0) is 23.6. The monoisotopic (exact) mass is 423 g/mol. The molecule has 3 heterocycles. The van der Waals surface area contributed by atoms with Gasteiger partial charge < -0.3 is 9.88 Å². The van der Waals surface area contributed by atoms with Gasteiger partial charge in [-0.15, -0.1) is 0 Å². The van der Waals surface area contributed by atoms with E-state index in [2.05, 4.69) is 50.7 Å². The number of hydrogen-bond acceptors (Lipinski definition) is 3. The molecule has 0 saturated carbocycles. The van der Waals surface area contributed by atoms with Crippen molar-refractivity contribution in [1.82, 2.24) is 25.1 Å². The van der Waals surface area contributed by atoms with E-state index in [1.54, 1.807) is 6.20 Å². The number of fused-ring (bicyclic) bond motifs is 1. The van der Waals surface area contributed by atoms with E-state index in [4.69, 9.17) is 0 Å². The maximum atomic E-state index is 9.85. The van der Waals surface area contributed by atoms with E-state index < -0.39 is 0 Å². The minimum absolute atomic E-state index is 0.511. The second kappa shape index (κ2) is 16.4. The van der Waals surface area contributed by atoms with Crippen molar-refractivity contribution >= 4 is 17.4 Å². The summed E-state index contributed by atoms with van der Waals surface area (Å²) in [5.74, 6) is 0. The number of carbonyl (C=O) groups is 1. The molecule has 0 unspecified atom stereocenters. The highest BCUT2D eigenvalue weighted by Crippen LogP contribution is 2.21. The molecule has 0 aromatic carbocycles. The van der Waals surface area contributed by atoms with Gasteiger partial charge in [-0.2, -0.15) is 5.10 Å². The summed E-state index contributed by atoms with van der Waals surface area (Å²) in [5.41, 5.74) is 5.07. The average molecular weight is 424 g/mol. The van der Waals surface area contributed by atoms with Crippen LogP contribution in [0.3, 0.4) is 0 Å². The summed E-state index contributed by atoms with van der Waals surface area (Å²) in [7, 11) is 2.03. The second-order valence-electron chi connectivity index (χ2n) is 5.98. The highest BCUT2D eigenvalue weighted by atomic mass is 16.1.